The van der Waals surface area contributed by atoms with Crippen molar-refractivity contribution in [3.63, 3.8) is 0 Å². The molecule has 7 heteroatoms. The maximum Gasteiger partial charge on any atom is 0.191 e. The highest BCUT2D eigenvalue weighted by Gasteiger charge is 2.09. The van der Waals surface area contributed by atoms with Gasteiger partial charge < -0.3 is 20.1 Å². The number of ether oxygens (including phenoxy) is 2. The third-order valence-electron chi connectivity index (χ3n) is 4.61. The molecular weight excluding hydrogens is 390 g/mol. The fourth-order valence-corrected chi connectivity index (χ4v) is 3.07. The Balaban J connectivity index is 1.50. The van der Waals surface area contributed by atoms with E-state index in [2.05, 4.69) is 33.8 Å². The molecule has 31 heavy (non-hydrogen) atoms. The summed E-state index contributed by atoms with van der Waals surface area (Å²) >= 11 is 0. The van der Waals surface area contributed by atoms with Crippen LogP contribution < -0.4 is 20.1 Å². The van der Waals surface area contributed by atoms with Crippen LogP contribution in [0.25, 0.3) is 5.69 Å². The summed E-state index contributed by atoms with van der Waals surface area (Å²) in [5.74, 6) is 2.22. The van der Waals surface area contributed by atoms with Crippen molar-refractivity contribution in [2.75, 3.05) is 26.7 Å². The SMILES string of the molecule is CCNC(=NCC(C)Oc1ccccc1OC)NCCc1cnn(-c2ccccc2)c1. The molecule has 0 aliphatic rings. The van der Waals surface area contributed by atoms with Crippen molar-refractivity contribution in [2.45, 2.75) is 26.4 Å². The van der Waals surface area contributed by atoms with Gasteiger partial charge in [-0.2, -0.15) is 5.10 Å². The molecule has 1 unspecified atom stereocenters. The molecule has 0 aliphatic carbocycles. The third-order valence-corrected chi connectivity index (χ3v) is 4.61. The van der Waals surface area contributed by atoms with Crippen LogP contribution in [-0.2, 0) is 6.42 Å². The number of guanidine groups is 1. The lowest BCUT2D eigenvalue weighted by molar-refractivity contribution is 0.219. The van der Waals surface area contributed by atoms with Crippen LogP contribution in [0, 0.1) is 0 Å². The van der Waals surface area contributed by atoms with Crippen LogP contribution >= 0.6 is 0 Å². The van der Waals surface area contributed by atoms with E-state index in [0.29, 0.717) is 6.54 Å². The summed E-state index contributed by atoms with van der Waals surface area (Å²) in [6.45, 7) is 6.13. The van der Waals surface area contributed by atoms with E-state index in [1.165, 1.54) is 5.56 Å². The average molecular weight is 422 g/mol. The number of nitrogens with zero attached hydrogens (tertiary/aromatic N) is 3. The van der Waals surface area contributed by atoms with Gasteiger partial charge in [0.05, 0.1) is 25.5 Å². The minimum atomic E-state index is -0.0872. The standard InChI is InChI=1S/C24H31N5O2/c1-4-25-24(27-16-19(2)31-23-13-9-8-12-22(23)30-3)26-15-14-20-17-28-29(18-20)21-10-6-5-7-11-21/h5-13,17-19H,4,14-16H2,1-3H3,(H2,25,26,27). The Bertz CT molecular complexity index is 955. The van der Waals surface area contributed by atoms with Crippen LogP contribution in [0.3, 0.4) is 0 Å². The Morgan fingerprint density at radius 2 is 1.81 bits per heavy atom. The summed E-state index contributed by atoms with van der Waals surface area (Å²) < 4.78 is 13.2. The van der Waals surface area contributed by atoms with Crippen LogP contribution in [0.2, 0.25) is 0 Å². The normalized spacial score (nSPS) is 12.3. The average Bonchev–Trinajstić information content (AvgIpc) is 3.27. The van der Waals surface area contributed by atoms with E-state index in [0.717, 1.165) is 42.7 Å². The first-order chi connectivity index (χ1) is 15.2. The summed E-state index contributed by atoms with van der Waals surface area (Å²) in [5.41, 5.74) is 2.22. The van der Waals surface area contributed by atoms with E-state index in [-0.39, 0.29) is 6.10 Å². The van der Waals surface area contributed by atoms with Gasteiger partial charge in [-0.15, -0.1) is 0 Å². The maximum atomic E-state index is 5.98. The fraction of sp³-hybridized carbons (Fsp3) is 0.333. The second-order valence-electron chi connectivity index (χ2n) is 7.10. The monoisotopic (exact) mass is 421 g/mol. The first-order valence-electron chi connectivity index (χ1n) is 10.6. The predicted octanol–water partition coefficient (Wildman–Crippen LogP) is 3.45. The quantitative estimate of drug-likeness (QED) is 0.388. The zero-order valence-corrected chi connectivity index (χ0v) is 18.4. The van der Waals surface area contributed by atoms with Crippen LogP contribution in [0.15, 0.2) is 72.0 Å². The summed E-state index contributed by atoms with van der Waals surface area (Å²) in [4.78, 5) is 4.66. The Morgan fingerprint density at radius 1 is 1.06 bits per heavy atom. The lowest BCUT2D eigenvalue weighted by Gasteiger charge is -2.16. The van der Waals surface area contributed by atoms with Gasteiger partial charge in [-0.1, -0.05) is 30.3 Å². The zero-order valence-electron chi connectivity index (χ0n) is 18.4. The molecule has 164 valence electrons. The molecule has 0 fully saturated rings. The van der Waals surface area contributed by atoms with E-state index >= 15 is 0 Å². The van der Waals surface area contributed by atoms with Gasteiger partial charge in [-0.25, -0.2) is 9.67 Å². The molecule has 7 nitrogen and oxygen atoms in total. The van der Waals surface area contributed by atoms with E-state index in [9.17, 15) is 0 Å². The molecule has 3 rings (SSSR count). The molecular formula is C24H31N5O2. The summed E-state index contributed by atoms with van der Waals surface area (Å²) in [6, 6.07) is 17.7. The zero-order chi connectivity index (χ0) is 21.9. The topological polar surface area (TPSA) is 72.7 Å². The molecule has 1 atom stereocenters. The van der Waals surface area contributed by atoms with Gasteiger partial charge in [0.1, 0.15) is 6.10 Å². The van der Waals surface area contributed by atoms with Crippen molar-refractivity contribution in [1.82, 2.24) is 20.4 Å². The molecule has 0 radical (unpaired) electrons. The van der Waals surface area contributed by atoms with Crippen molar-refractivity contribution in [2.24, 2.45) is 4.99 Å². The van der Waals surface area contributed by atoms with Crippen molar-refractivity contribution < 1.29 is 9.47 Å². The third kappa shape index (κ3) is 6.77. The van der Waals surface area contributed by atoms with Gasteiger partial charge in [0, 0.05) is 19.3 Å². The molecule has 0 amide bonds. The molecule has 0 saturated heterocycles. The van der Waals surface area contributed by atoms with Gasteiger partial charge >= 0.3 is 0 Å². The number of methoxy groups -OCH3 is 1. The van der Waals surface area contributed by atoms with Gasteiger partial charge in [-0.3, -0.25) is 0 Å². The van der Waals surface area contributed by atoms with Crippen molar-refractivity contribution in [3.05, 3.63) is 72.6 Å². The van der Waals surface area contributed by atoms with E-state index in [4.69, 9.17) is 9.47 Å². The Morgan fingerprint density at radius 3 is 2.55 bits per heavy atom. The van der Waals surface area contributed by atoms with Crippen LogP contribution in [-0.4, -0.2) is 48.6 Å². The lowest BCUT2D eigenvalue weighted by atomic mass is 10.2. The van der Waals surface area contributed by atoms with Crippen LogP contribution in [0.4, 0.5) is 0 Å². The summed E-state index contributed by atoms with van der Waals surface area (Å²) in [5, 5.41) is 11.1. The minimum absolute atomic E-state index is 0.0872. The van der Waals surface area contributed by atoms with Gasteiger partial charge in [-0.05, 0) is 50.1 Å². The molecule has 3 aromatic rings. The number of nitrogens with one attached hydrogen (secondary N) is 2. The number of aliphatic imine (C=N–C) groups is 1. The van der Waals surface area contributed by atoms with Crippen molar-refractivity contribution >= 4 is 5.96 Å². The second kappa shape index (κ2) is 11.6. The number of benzene rings is 2. The first-order valence-corrected chi connectivity index (χ1v) is 10.6. The number of hydrogen-bond acceptors (Lipinski definition) is 4. The van der Waals surface area contributed by atoms with Crippen molar-refractivity contribution in [1.29, 1.82) is 0 Å². The molecule has 0 saturated carbocycles. The van der Waals surface area contributed by atoms with E-state index < -0.39 is 0 Å². The van der Waals surface area contributed by atoms with E-state index in [1.54, 1.807) is 7.11 Å². The Labute approximate surface area is 184 Å². The summed E-state index contributed by atoms with van der Waals surface area (Å²) in [7, 11) is 1.64. The predicted molar refractivity (Wildman–Crippen MR) is 124 cm³/mol. The molecule has 1 heterocycles. The molecule has 1 aromatic heterocycles. The molecule has 2 aromatic carbocycles. The highest BCUT2D eigenvalue weighted by Crippen LogP contribution is 2.26. The number of hydrogen-bond donors (Lipinski definition) is 2. The van der Waals surface area contributed by atoms with Gasteiger partial charge in [0.15, 0.2) is 17.5 Å². The highest BCUT2D eigenvalue weighted by molar-refractivity contribution is 5.79. The van der Waals surface area contributed by atoms with Crippen LogP contribution in [0.5, 0.6) is 11.5 Å². The Kier molecular flexibility index (Phi) is 8.34. The van der Waals surface area contributed by atoms with Crippen molar-refractivity contribution in [3.8, 4) is 17.2 Å². The smallest absolute Gasteiger partial charge is 0.191 e. The van der Waals surface area contributed by atoms with E-state index in [1.807, 2.05) is 72.4 Å². The van der Waals surface area contributed by atoms with Gasteiger partial charge in [0.2, 0.25) is 0 Å². The number of rotatable bonds is 10. The minimum Gasteiger partial charge on any atom is -0.493 e. The lowest BCUT2D eigenvalue weighted by Crippen LogP contribution is -2.39. The highest BCUT2D eigenvalue weighted by atomic mass is 16.5. The Hall–Kier alpha value is -3.48. The fourth-order valence-electron chi connectivity index (χ4n) is 3.07. The van der Waals surface area contributed by atoms with Gasteiger partial charge in [0.25, 0.3) is 0 Å². The van der Waals surface area contributed by atoms with Crippen LogP contribution in [0.1, 0.15) is 19.4 Å². The molecule has 0 bridgehead atoms. The number of aromatic nitrogens is 2. The first kappa shape index (κ1) is 22.2. The molecule has 2 N–H and O–H groups in total. The summed E-state index contributed by atoms with van der Waals surface area (Å²) in [6.07, 6.45) is 4.73. The molecule has 0 spiro atoms. The largest absolute Gasteiger partial charge is 0.493 e. The number of para-hydroxylation sites is 3. The second-order valence-corrected chi connectivity index (χ2v) is 7.10. The molecule has 0 aliphatic heterocycles. The maximum absolute atomic E-state index is 5.98.